The molecule has 1 aliphatic rings. The molecule has 4 heteroatoms. The molecule has 2 aromatic carbocycles. The van der Waals surface area contributed by atoms with Gasteiger partial charge in [0.05, 0.1) is 0 Å². The van der Waals surface area contributed by atoms with E-state index in [0.29, 0.717) is 6.54 Å². The molecule has 0 bridgehead atoms. The molecule has 0 aliphatic carbocycles. The van der Waals surface area contributed by atoms with Crippen molar-refractivity contribution in [1.29, 1.82) is 0 Å². The molecule has 0 radical (unpaired) electrons. The number of nitrogens with one attached hydrogen (secondary N) is 1. The van der Waals surface area contributed by atoms with Crippen molar-refractivity contribution in [1.82, 2.24) is 10.2 Å². The molecule has 0 atom stereocenters. The number of benzene rings is 2. The number of anilines is 1. The molecule has 144 valence electrons. The van der Waals surface area contributed by atoms with Crippen LogP contribution in [0.4, 0.5) is 5.69 Å². The lowest BCUT2D eigenvalue weighted by Gasteiger charge is -2.21. The number of rotatable bonds is 8. The van der Waals surface area contributed by atoms with Crippen molar-refractivity contribution in [3.63, 3.8) is 0 Å². The van der Waals surface area contributed by atoms with E-state index in [9.17, 15) is 4.79 Å². The summed E-state index contributed by atoms with van der Waals surface area (Å²) >= 11 is 0. The van der Waals surface area contributed by atoms with Gasteiger partial charge in [-0.2, -0.15) is 0 Å². The minimum atomic E-state index is -0.0180. The smallest absolute Gasteiger partial charge is 0.251 e. The topological polar surface area (TPSA) is 35.6 Å². The Morgan fingerprint density at radius 1 is 0.926 bits per heavy atom. The van der Waals surface area contributed by atoms with Gasteiger partial charge in [0.25, 0.3) is 5.91 Å². The fourth-order valence-corrected chi connectivity index (χ4v) is 3.66. The summed E-state index contributed by atoms with van der Waals surface area (Å²) in [4.78, 5) is 17.2. The van der Waals surface area contributed by atoms with Crippen molar-refractivity contribution in [3.8, 4) is 0 Å². The molecule has 0 spiro atoms. The summed E-state index contributed by atoms with van der Waals surface area (Å²) in [5, 5.41) is 3.02. The van der Waals surface area contributed by atoms with Crippen molar-refractivity contribution in [2.45, 2.75) is 39.8 Å². The largest absolute Gasteiger partial charge is 0.372 e. The highest BCUT2D eigenvalue weighted by atomic mass is 16.1. The van der Waals surface area contributed by atoms with Gasteiger partial charge in [0, 0.05) is 37.4 Å². The van der Waals surface area contributed by atoms with Crippen LogP contribution >= 0.6 is 0 Å². The molecule has 1 fully saturated rings. The Morgan fingerprint density at radius 3 is 2.11 bits per heavy atom. The van der Waals surface area contributed by atoms with Gasteiger partial charge in [-0.25, -0.2) is 0 Å². The van der Waals surface area contributed by atoms with Crippen LogP contribution in [-0.2, 0) is 13.1 Å². The van der Waals surface area contributed by atoms with Gasteiger partial charge in [0.2, 0.25) is 0 Å². The summed E-state index contributed by atoms with van der Waals surface area (Å²) in [6.07, 6.45) is 2.60. The molecule has 1 heterocycles. The van der Waals surface area contributed by atoms with Crippen LogP contribution in [0.5, 0.6) is 0 Å². The fourth-order valence-electron chi connectivity index (χ4n) is 3.66. The maximum atomic E-state index is 12.4. The van der Waals surface area contributed by atoms with Crippen LogP contribution < -0.4 is 10.2 Å². The predicted molar refractivity (Wildman–Crippen MR) is 112 cm³/mol. The van der Waals surface area contributed by atoms with Crippen LogP contribution in [0.2, 0.25) is 0 Å². The van der Waals surface area contributed by atoms with E-state index in [-0.39, 0.29) is 5.91 Å². The van der Waals surface area contributed by atoms with Gasteiger partial charge in [-0.1, -0.05) is 24.3 Å². The first-order chi connectivity index (χ1) is 13.2. The SMILES string of the molecule is CCN(CC)c1ccc(CNC(=O)c2ccc(CN3CCCC3)cc2)cc1. The Labute approximate surface area is 163 Å². The van der Waals surface area contributed by atoms with Crippen LogP contribution in [0, 0.1) is 0 Å². The number of amides is 1. The van der Waals surface area contributed by atoms with Crippen LogP contribution in [0.1, 0.15) is 48.2 Å². The third-order valence-electron chi connectivity index (χ3n) is 5.34. The molecular weight excluding hydrogens is 334 g/mol. The number of likely N-dealkylation sites (tertiary alicyclic amines) is 1. The number of hydrogen-bond donors (Lipinski definition) is 1. The van der Waals surface area contributed by atoms with E-state index < -0.39 is 0 Å². The molecule has 4 nitrogen and oxygen atoms in total. The maximum absolute atomic E-state index is 12.4. The average molecular weight is 366 g/mol. The molecular formula is C23H31N3O. The average Bonchev–Trinajstić information content (AvgIpc) is 3.21. The highest BCUT2D eigenvalue weighted by Gasteiger charge is 2.12. The van der Waals surface area contributed by atoms with Crippen LogP contribution in [0.3, 0.4) is 0 Å². The van der Waals surface area contributed by atoms with Crippen molar-refractivity contribution in [2.75, 3.05) is 31.1 Å². The summed E-state index contributed by atoms with van der Waals surface area (Å²) in [7, 11) is 0. The molecule has 2 aromatic rings. The molecule has 1 amide bonds. The predicted octanol–water partition coefficient (Wildman–Crippen LogP) is 4.06. The van der Waals surface area contributed by atoms with Gasteiger partial charge in [-0.15, -0.1) is 0 Å². The molecule has 1 N–H and O–H groups in total. The molecule has 1 aliphatic heterocycles. The summed E-state index contributed by atoms with van der Waals surface area (Å²) < 4.78 is 0. The second-order valence-electron chi connectivity index (χ2n) is 7.20. The zero-order valence-corrected chi connectivity index (χ0v) is 16.6. The first-order valence-corrected chi connectivity index (χ1v) is 10.1. The third-order valence-corrected chi connectivity index (χ3v) is 5.34. The van der Waals surface area contributed by atoms with Gasteiger partial charge in [0.15, 0.2) is 0 Å². The Hall–Kier alpha value is -2.33. The first kappa shape index (κ1) is 19.4. The van der Waals surface area contributed by atoms with E-state index in [1.54, 1.807) is 0 Å². The van der Waals surface area contributed by atoms with Gasteiger partial charge in [-0.3, -0.25) is 9.69 Å². The molecule has 0 saturated carbocycles. The minimum absolute atomic E-state index is 0.0180. The van der Waals surface area contributed by atoms with Gasteiger partial charge < -0.3 is 10.2 Å². The van der Waals surface area contributed by atoms with Crippen LogP contribution in [-0.4, -0.2) is 37.0 Å². The second kappa shape index (κ2) is 9.56. The van der Waals surface area contributed by atoms with Crippen LogP contribution in [0.15, 0.2) is 48.5 Å². The number of carbonyl (C=O) groups excluding carboxylic acids is 1. The normalized spacial score (nSPS) is 14.3. The van der Waals surface area contributed by atoms with E-state index in [4.69, 9.17) is 0 Å². The maximum Gasteiger partial charge on any atom is 0.251 e. The van der Waals surface area contributed by atoms with Crippen molar-refractivity contribution in [3.05, 3.63) is 65.2 Å². The third kappa shape index (κ3) is 5.33. The number of carbonyl (C=O) groups is 1. The highest BCUT2D eigenvalue weighted by molar-refractivity contribution is 5.94. The quantitative estimate of drug-likeness (QED) is 0.766. The summed E-state index contributed by atoms with van der Waals surface area (Å²) in [5.41, 5.74) is 4.34. The fraction of sp³-hybridized carbons (Fsp3) is 0.435. The first-order valence-electron chi connectivity index (χ1n) is 10.1. The van der Waals surface area contributed by atoms with Gasteiger partial charge in [-0.05, 0) is 75.2 Å². The minimum Gasteiger partial charge on any atom is -0.372 e. The molecule has 1 saturated heterocycles. The highest BCUT2D eigenvalue weighted by Crippen LogP contribution is 2.16. The lowest BCUT2D eigenvalue weighted by molar-refractivity contribution is 0.0951. The lowest BCUT2D eigenvalue weighted by Crippen LogP contribution is -2.23. The van der Waals surface area contributed by atoms with E-state index in [0.717, 1.165) is 30.8 Å². The summed E-state index contributed by atoms with van der Waals surface area (Å²) in [6, 6.07) is 16.5. The van der Waals surface area contributed by atoms with Crippen molar-refractivity contribution >= 4 is 11.6 Å². The summed E-state index contributed by atoms with van der Waals surface area (Å²) in [5.74, 6) is -0.0180. The second-order valence-corrected chi connectivity index (χ2v) is 7.20. The monoisotopic (exact) mass is 365 g/mol. The standard InChI is InChI=1S/C23H31N3O/c1-3-26(4-2)22-13-9-19(10-14-22)17-24-23(27)21-11-7-20(8-12-21)18-25-15-5-6-16-25/h7-14H,3-6,15-18H2,1-2H3,(H,24,27). The van der Waals surface area contributed by atoms with Gasteiger partial charge in [0.1, 0.15) is 0 Å². The zero-order chi connectivity index (χ0) is 19.1. The lowest BCUT2D eigenvalue weighted by atomic mass is 10.1. The molecule has 0 aromatic heterocycles. The Balaban J connectivity index is 1.51. The van der Waals surface area contributed by atoms with E-state index in [1.165, 1.54) is 37.2 Å². The van der Waals surface area contributed by atoms with E-state index in [2.05, 4.69) is 65.4 Å². The van der Waals surface area contributed by atoms with E-state index >= 15 is 0 Å². The Bertz CT molecular complexity index is 714. The zero-order valence-electron chi connectivity index (χ0n) is 16.6. The van der Waals surface area contributed by atoms with Gasteiger partial charge >= 0.3 is 0 Å². The van der Waals surface area contributed by atoms with Crippen LogP contribution in [0.25, 0.3) is 0 Å². The Morgan fingerprint density at radius 2 is 1.52 bits per heavy atom. The Kier molecular flexibility index (Phi) is 6.88. The van der Waals surface area contributed by atoms with Crippen molar-refractivity contribution < 1.29 is 4.79 Å². The molecule has 27 heavy (non-hydrogen) atoms. The molecule has 0 unspecified atom stereocenters. The number of nitrogens with zero attached hydrogens (tertiary/aromatic N) is 2. The number of hydrogen-bond acceptors (Lipinski definition) is 3. The van der Waals surface area contributed by atoms with Crippen molar-refractivity contribution in [2.24, 2.45) is 0 Å². The summed E-state index contributed by atoms with van der Waals surface area (Å²) in [6.45, 7) is 10.2. The van der Waals surface area contributed by atoms with E-state index in [1.807, 2.05) is 12.1 Å². The molecule has 3 rings (SSSR count).